The molecule has 0 spiro atoms. The van der Waals surface area contributed by atoms with E-state index in [0.29, 0.717) is 10.2 Å². The van der Waals surface area contributed by atoms with Gasteiger partial charge in [-0.15, -0.1) is 11.3 Å². The van der Waals surface area contributed by atoms with Crippen LogP contribution in [0.25, 0.3) is 10.2 Å². The van der Waals surface area contributed by atoms with Gasteiger partial charge in [0.15, 0.2) is 0 Å². The number of nitrogens with zero attached hydrogens (tertiary/aromatic N) is 2. The van der Waals surface area contributed by atoms with Crippen LogP contribution in [0.4, 0.5) is 13.2 Å². The molecule has 1 aromatic carbocycles. The number of benzene rings is 1. The van der Waals surface area contributed by atoms with Gasteiger partial charge in [0.25, 0.3) is 5.56 Å². The number of fused-ring (bicyclic) bond motifs is 1. The quantitative estimate of drug-likeness (QED) is 0.513. The van der Waals surface area contributed by atoms with Gasteiger partial charge in [0.1, 0.15) is 10.7 Å². The van der Waals surface area contributed by atoms with E-state index in [4.69, 9.17) is 0 Å². The molecule has 2 aromatic heterocycles. The SMILES string of the molecule is Cc1sc2nc(CC(=O)N/N=C/c3cccc(C(F)(F)F)c3)[nH]c(=O)c2c1C. The van der Waals surface area contributed by atoms with E-state index in [1.54, 1.807) is 0 Å². The Kier molecular flexibility index (Phi) is 5.32. The first-order valence-electron chi connectivity index (χ1n) is 8.13. The number of aromatic nitrogens is 2. The molecular formula is C18H15F3N4O2S. The van der Waals surface area contributed by atoms with E-state index >= 15 is 0 Å². The largest absolute Gasteiger partial charge is 0.416 e. The number of carbonyl (C=O) groups excluding carboxylic acids is 1. The molecule has 2 heterocycles. The smallest absolute Gasteiger partial charge is 0.309 e. The summed E-state index contributed by atoms with van der Waals surface area (Å²) in [5.74, 6) is -0.374. The first-order valence-corrected chi connectivity index (χ1v) is 8.95. The standard InChI is InChI=1S/C18H15F3N4O2S/c1-9-10(2)28-17-15(9)16(27)23-13(24-17)7-14(26)25-22-8-11-4-3-5-12(6-11)18(19,20)21/h3-6,8H,7H2,1-2H3,(H,25,26)(H,23,24,27)/b22-8+. The van der Waals surface area contributed by atoms with Gasteiger partial charge in [-0.2, -0.15) is 18.3 Å². The lowest BCUT2D eigenvalue weighted by atomic mass is 10.1. The van der Waals surface area contributed by atoms with Gasteiger partial charge >= 0.3 is 6.18 Å². The summed E-state index contributed by atoms with van der Waals surface area (Å²) >= 11 is 1.37. The summed E-state index contributed by atoms with van der Waals surface area (Å²) in [5, 5.41) is 4.16. The van der Waals surface area contributed by atoms with Crippen molar-refractivity contribution in [1.82, 2.24) is 15.4 Å². The van der Waals surface area contributed by atoms with E-state index in [2.05, 4.69) is 20.5 Å². The molecule has 2 N–H and O–H groups in total. The van der Waals surface area contributed by atoms with Crippen LogP contribution in [0.2, 0.25) is 0 Å². The number of H-pyrrole nitrogens is 1. The third kappa shape index (κ3) is 4.28. The lowest BCUT2D eigenvalue weighted by Gasteiger charge is -2.06. The molecule has 0 unspecified atom stereocenters. The zero-order valence-electron chi connectivity index (χ0n) is 14.8. The molecule has 1 amide bonds. The number of carbonyl (C=O) groups is 1. The zero-order valence-corrected chi connectivity index (χ0v) is 15.7. The number of hydrogen-bond acceptors (Lipinski definition) is 5. The van der Waals surface area contributed by atoms with E-state index in [-0.39, 0.29) is 23.4 Å². The summed E-state index contributed by atoms with van der Waals surface area (Å²) in [6.45, 7) is 3.72. The number of aromatic amines is 1. The van der Waals surface area contributed by atoms with Crippen LogP contribution in [0, 0.1) is 13.8 Å². The van der Waals surface area contributed by atoms with Crippen LogP contribution in [0.5, 0.6) is 0 Å². The van der Waals surface area contributed by atoms with Gasteiger partial charge in [0.2, 0.25) is 5.91 Å². The Balaban J connectivity index is 1.69. The summed E-state index contributed by atoms with van der Waals surface area (Å²) < 4.78 is 38.0. The highest BCUT2D eigenvalue weighted by Gasteiger charge is 2.30. The Labute approximate surface area is 161 Å². The number of hydrazone groups is 1. The molecule has 6 nitrogen and oxygen atoms in total. The van der Waals surface area contributed by atoms with Crippen LogP contribution in [0.1, 0.15) is 27.4 Å². The predicted molar refractivity (Wildman–Crippen MR) is 101 cm³/mol. The number of nitrogens with one attached hydrogen (secondary N) is 2. The molecule has 3 rings (SSSR count). The molecular weight excluding hydrogens is 393 g/mol. The van der Waals surface area contributed by atoms with E-state index in [1.165, 1.54) is 23.5 Å². The van der Waals surface area contributed by atoms with Gasteiger partial charge in [-0.1, -0.05) is 12.1 Å². The maximum atomic E-state index is 12.7. The topological polar surface area (TPSA) is 87.2 Å². The molecule has 28 heavy (non-hydrogen) atoms. The maximum absolute atomic E-state index is 12.7. The second kappa shape index (κ2) is 7.55. The predicted octanol–water partition coefficient (Wildman–Crippen LogP) is 3.31. The molecule has 0 bridgehead atoms. The van der Waals surface area contributed by atoms with E-state index in [9.17, 15) is 22.8 Å². The van der Waals surface area contributed by atoms with Crippen LogP contribution < -0.4 is 11.0 Å². The van der Waals surface area contributed by atoms with Crippen molar-refractivity contribution in [2.45, 2.75) is 26.4 Å². The fourth-order valence-electron chi connectivity index (χ4n) is 2.55. The van der Waals surface area contributed by atoms with Gasteiger partial charge in [-0.3, -0.25) is 9.59 Å². The van der Waals surface area contributed by atoms with Crippen molar-refractivity contribution in [3.05, 3.63) is 62.0 Å². The minimum absolute atomic E-state index is 0.186. The Hall–Kier alpha value is -3.01. The minimum atomic E-state index is -4.46. The van der Waals surface area contributed by atoms with Crippen molar-refractivity contribution in [3.63, 3.8) is 0 Å². The molecule has 10 heteroatoms. The zero-order chi connectivity index (χ0) is 20.5. The molecule has 0 aliphatic rings. The first kappa shape index (κ1) is 19.7. The first-order chi connectivity index (χ1) is 13.1. The van der Waals surface area contributed by atoms with Crippen LogP contribution in [-0.4, -0.2) is 22.1 Å². The Morgan fingerprint density at radius 1 is 1.36 bits per heavy atom. The molecule has 0 aliphatic heterocycles. The third-order valence-corrected chi connectivity index (χ3v) is 5.13. The maximum Gasteiger partial charge on any atom is 0.416 e. The number of thiophene rings is 1. The average Bonchev–Trinajstić information content (AvgIpc) is 2.89. The molecule has 0 saturated heterocycles. The van der Waals surface area contributed by atoms with Gasteiger partial charge in [0, 0.05) is 4.88 Å². The number of hydrogen-bond donors (Lipinski definition) is 2. The summed E-state index contributed by atoms with van der Waals surface area (Å²) in [6.07, 6.45) is -3.57. The Morgan fingerprint density at radius 3 is 2.82 bits per heavy atom. The van der Waals surface area contributed by atoms with Crippen molar-refractivity contribution < 1.29 is 18.0 Å². The van der Waals surface area contributed by atoms with Crippen LogP contribution in [-0.2, 0) is 17.4 Å². The lowest BCUT2D eigenvalue weighted by Crippen LogP contribution is -2.23. The van der Waals surface area contributed by atoms with Gasteiger partial charge in [0.05, 0.1) is 23.6 Å². The van der Waals surface area contributed by atoms with Gasteiger partial charge in [-0.05, 0) is 37.1 Å². The monoisotopic (exact) mass is 408 g/mol. The second-order valence-corrected chi connectivity index (χ2v) is 7.27. The third-order valence-electron chi connectivity index (χ3n) is 4.03. The molecule has 0 saturated carbocycles. The fraction of sp³-hybridized carbons (Fsp3) is 0.222. The van der Waals surface area contributed by atoms with E-state index in [1.807, 2.05) is 13.8 Å². The summed E-state index contributed by atoms with van der Waals surface area (Å²) in [4.78, 5) is 32.6. The molecule has 0 fully saturated rings. The average molecular weight is 408 g/mol. The van der Waals surface area contributed by atoms with Crippen molar-refractivity contribution in [1.29, 1.82) is 0 Å². The van der Waals surface area contributed by atoms with Crippen molar-refractivity contribution in [3.8, 4) is 0 Å². The molecule has 0 atom stereocenters. The van der Waals surface area contributed by atoms with Gasteiger partial charge in [-0.25, -0.2) is 10.4 Å². The molecule has 3 aromatic rings. The van der Waals surface area contributed by atoms with Crippen molar-refractivity contribution >= 4 is 33.7 Å². The molecule has 0 aliphatic carbocycles. The van der Waals surface area contributed by atoms with Crippen LogP contribution in [0.3, 0.4) is 0 Å². The van der Waals surface area contributed by atoms with Crippen LogP contribution in [0.15, 0.2) is 34.2 Å². The highest BCUT2D eigenvalue weighted by Crippen LogP contribution is 2.29. The number of amides is 1. The number of alkyl halides is 3. The number of aryl methyl sites for hydroxylation is 2. The van der Waals surface area contributed by atoms with E-state index in [0.717, 1.165) is 28.8 Å². The van der Waals surface area contributed by atoms with Crippen molar-refractivity contribution in [2.24, 2.45) is 5.10 Å². The summed E-state index contributed by atoms with van der Waals surface area (Å²) in [7, 11) is 0. The van der Waals surface area contributed by atoms with E-state index < -0.39 is 17.6 Å². The highest BCUT2D eigenvalue weighted by molar-refractivity contribution is 7.18. The molecule has 0 radical (unpaired) electrons. The molecule has 146 valence electrons. The summed E-state index contributed by atoms with van der Waals surface area (Å²) in [5.41, 5.74) is 2.13. The highest BCUT2D eigenvalue weighted by atomic mass is 32.1. The fourth-order valence-corrected chi connectivity index (χ4v) is 3.60. The lowest BCUT2D eigenvalue weighted by molar-refractivity contribution is -0.137. The number of rotatable bonds is 4. The second-order valence-electron chi connectivity index (χ2n) is 6.07. The van der Waals surface area contributed by atoms with Crippen molar-refractivity contribution in [2.75, 3.05) is 0 Å². The number of halogens is 3. The summed E-state index contributed by atoms with van der Waals surface area (Å²) in [6, 6.07) is 4.55. The van der Waals surface area contributed by atoms with Crippen LogP contribution >= 0.6 is 11.3 Å². The Bertz CT molecular complexity index is 1130. The van der Waals surface area contributed by atoms with Gasteiger partial charge < -0.3 is 4.98 Å². The minimum Gasteiger partial charge on any atom is -0.309 e. The Morgan fingerprint density at radius 2 is 2.11 bits per heavy atom. The normalized spacial score (nSPS) is 12.0.